The van der Waals surface area contributed by atoms with Crippen LogP contribution in [0.5, 0.6) is 5.75 Å². The van der Waals surface area contributed by atoms with Crippen LogP contribution >= 0.6 is 0 Å². The fourth-order valence-corrected chi connectivity index (χ4v) is 4.64. The third-order valence-corrected chi connectivity index (χ3v) is 10.5. The van der Waals surface area contributed by atoms with Crippen molar-refractivity contribution in [3.05, 3.63) is 29.8 Å². The van der Waals surface area contributed by atoms with E-state index in [9.17, 15) is 5.11 Å². The molecule has 0 aromatic heterocycles. The summed E-state index contributed by atoms with van der Waals surface area (Å²) in [4.78, 5) is 0. The average Bonchev–Trinajstić information content (AvgIpc) is 3.35. The average molecular weight is 381 g/mol. The van der Waals surface area contributed by atoms with Gasteiger partial charge in [-0.2, -0.15) is 0 Å². The zero-order chi connectivity index (χ0) is 19.2. The highest BCUT2D eigenvalue weighted by molar-refractivity contribution is 6.74. The van der Waals surface area contributed by atoms with Crippen LogP contribution in [0, 0.1) is 0 Å². The van der Waals surface area contributed by atoms with Crippen molar-refractivity contribution in [1.82, 2.24) is 0 Å². The van der Waals surface area contributed by atoms with Gasteiger partial charge in [0.25, 0.3) is 0 Å². The number of hydrogen-bond acceptors (Lipinski definition) is 5. The number of rotatable bonds is 6. The molecule has 1 aliphatic carbocycles. The summed E-state index contributed by atoms with van der Waals surface area (Å²) in [6, 6.07) is 7.87. The van der Waals surface area contributed by atoms with Gasteiger partial charge in [0.2, 0.25) is 0 Å². The lowest BCUT2D eigenvalue weighted by atomic mass is 9.92. The summed E-state index contributed by atoms with van der Waals surface area (Å²) >= 11 is 0. The van der Waals surface area contributed by atoms with Gasteiger partial charge < -0.3 is 23.7 Å². The summed E-state index contributed by atoms with van der Waals surface area (Å²) in [6.07, 6.45) is 0.949. The molecule has 26 heavy (non-hydrogen) atoms. The number of hydrogen-bond donors (Lipinski definition) is 1. The van der Waals surface area contributed by atoms with E-state index in [0.29, 0.717) is 13.0 Å². The SMILES string of the molecule is COc1ccc(COC2CC[C@](O)(O[Si](C)(C)C(C)(C)C)[C@H]3O[C@@H]23)cc1. The van der Waals surface area contributed by atoms with E-state index in [0.717, 1.165) is 17.7 Å². The zero-order valence-corrected chi connectivity index (χ0v) is 17.7. The fraction of sp³-hybridized carbons (Fsp3) is 0.700. The molecule has 0 spiro atoms. The van der Waals surface area contributed by atoms with Crippen LogP contribution in [-0.2, 0) is 20.5 Å². The summed E-state index contributed by atoms with van der Waals surface area (Å²) in [5, 5.41) is 11.1. The minimum Gasteiger partial charge on any atom is -0.497 e. The van der Waals surface area contributed by atoms with Crippen molar-refractivity contribution in [1.29, 1.82) is 0 Å². The molecule has 4 atom stereocenters. The molecule has 1 unspecified atom stereocenters. The highest BCUT2D eigenvalue weighted by Crippen LogP contribution is 2.49. The van der Waals surface area contributed by atoms with E-state index < -0.39 is 14.1 Å². The van der Waals surface area contributed by atoms with Crippen molar-refractivity contribution in [2.45, 2.75) is 82.5 Å². The second-order valence-electron chi connectivity index (χ2n) is 8.96. The Balaban J connectivity index is 1.55. The Morgan fingerprint density at radius 3 is 2.46 bits per heavy atom. The van der Waals surface area contributed by atoms with Crippen LogP contribution in [0.3, 0.4) is 0 Å². The molecule has 1 aromatic carbocycles. The van der Waals surface area contributed by atoms with E-state index >= 15 is 0 Å². The van der Waals surface area contributed by atoms with Gasteiger partial charge in [0.15, 0.2) is 14.1 Å². The molecule has 0 radical (unpaired) electrons. The van der Waals surface area contributed by atoms with Crippen molar-refractivity contribution in [2.75, 3.05) is 7.11 Å². The Hall–Kier alpha value is -0.923. The summed E-state index contributed by atoms with van der Waals surface area (Å²) in [6.45, 7) is 11.4. The molecule has 1 saturated carbocycles. The van der Waals surface area contributed by atoms with Crippen molar-refractivity contribution >= 4 is 8.32 Å². The minimum absolute atomic E-state index is 0.00499. The highest BCUT2D eigenvalue weighted by atomic mass is 28.4. The number of aliphatic hydroxyl groups is 1. The summed E-state index contributed by atoms with van der Waals surface area (Å²) in [5.41, 5.74) is 1.10. The predicted molar refractivity (Wildman–Crippen MR) is 103 cm³/mol. The smallest absolute Gasteiger partial charge is 0.195 e. The molecular weight excluding hydrogens is 348 g/mol. The topological polar surface area (TPSA) is 60.5 Å². The first kappa shape index (κ1) is 19.8. The Labute approximate surface area is 157 Å². The fourth-order valence-electron chi connectivity index (χ4n) is 3.23. The van der Waals surface area contributed by atoms with E-state index in [-0.39, 0.29) is 23.4 Å². The molecule has 0 amide bonds. The van der Waals surface area contributed by atoms with Crippen LogP contribution in [-0.4, -0.2) is 44.6 Å². The van der Waals surface area contributed by atoms with Crippen LogP contribution in [0.1, 0.15) is 39.2 Å². The summed E-state index contributed by atoms with van der Waals surface area (Å²) in [7, 11) is -0.407. The molecular formula is C20H32O5Si. The van der Waals surface area contributed by atoms with Gasteiger partial charge in [0, 0.05) is 6.42 Å². The van der Waals surface area contributed by atoms with Crippen LogP contribution in [0.15, 0.2) is 24.3 Å². The number of ether oxygens (including phenoxy) is 3. The molecule has 1 N–H and O–H groups in total. The third-order valence-electron chi connectivity index (χ3n) is 5.98. The number of epoxide rings is 1. The van der Waals surface area contributed by atoms with Crippen molar-refractivity contribution in [3.63, 3.8) is 0 Å². The van der Waals surface area contributed by atoms with Gasteiger partial charge in [-0.05, 0) is 42.2 Å². The monoisotopic (exact) mass is 380 g/mol. The first-order valence-corrected chi connectivity index (χ1v) is 12.3. The van der Waals surface area contributed by atoms with Crippen LogP contribution in [0.4, 0.5) is 0 Å². The Kier molecular flexibility index (Phi) is 5.27. The number of fused-ring (bicyclic) bond motifs is 1. The van der Waals surface area contributed by atoms with Crippen molar-refractivity contribution in [3.8, 4) is 5.75 Å². The number of methoxy groups -OCH3 is 1. The molecule has 0 bridgehead atoms. The maximum atomic E-state index is 11.1. The largest absolute Gasteiger partial charge is 0.497 e. The van der Waals surface area contributed by atoms with Gasteiger partial charge in [-0.1, -0.05) is 32.9 Å². The normalized spacial score (nSPS) is 31.4. The zero-order valence-electron chi connectivity index (χ0n) is 16.7. The van der Waals surface area contributed by atoms with Crippen molar-refractivity contribution in [2.24, 2.45) is 0 Å². The molecule has 2 fully saturated rings. The molecule has 6 heteroatoms. The number of benzene rings is 1. The second-order valence-corrected chi connectivity index (χ2v) is 13.7. The van der Waals surface area contributed by atoms with Gasteiger partial charge in [-0.15, -0.1) is 0 Å². The van der Waals surface area contributed by atoms with E-state index in [1.165, 1.54) is 0 Å². The molecule has 3 rings (SSSR count). The highest BCUT2D eigenvalue weighted by Gasteiger charge is 2.63. The van der Waals surface area contributed by atoms with Gasteiger partial charge in [-0.25, -0.2) is 0 Å². The lowest BCUT2D eigenvalue weighted by Crippen LogP contribution is -2.55. The van der Waals surface area contributed by atoms with Crippen LogP contribution in [0.25, 0.3) is 0 Å². The molecule has 1 aromatic rings. The lowest BCUT2D eigenvalue weighted by Gasteiger charge is -2.44. The van der Waals surface area contributed by atoms with E-state index in [1.54, 1.807) is 7.11 Å². The molecule has 146 valence electrons. The van der Waals surface area contributed by atoms with E-state index in [1.807, 2.05) is 24.3 Å². The maximum absolute atomic E-state index is 11.1. The maximum Gasteiger partial charge on any atom is 0.195 e. The van der Waals surface area contributed by atoms with Crippen LogP contribution in [0.2, 0.25) is 18.1 Å². The first-order valence-electron chi connectivity index (χ1n) is 9.38. The van der Waals surface area contributed by atoms with Gasteiger partial charge in [0.05, 0.1) is 19.8 Å². The quantitative estimate of drug-likeness (QED) is 0.461. The van der Waals surface area contributed by atoms with E-state index in [4.69, 9.17) is 18.6 Å². The summed E-state index contributed by atoms with van der Waals surface area (Å²) < 4.78 is 23.4. The minimum atomic E-state index is -2.06. The molecule has 1 heterocycles. The molecule has 5 nitrogen and oxygen atoms in total. The van der Waals surface area contributed by atoms with Gasteiger partial charge in [-0.3, -0.25) is 0 Å². The van der Waals surface area contributed by atoms with Gasteiger partial charge in [0.1, 0.15) is 18.0 Å². The predicted octanol–water partition coefficient (Wildman–Crippen LogP) is 3.85. The molecule has 2 aliphatic rings. The van der Waals surface area contributed by atoms with Gasteiger partial charge >= 0.3 is 0 Å². The second kappa shape index (κ2) is 6.91. The standard InChI is InChI=1S/C20H32O5Si/c1-19(2,3)26(5,6)25-20(21)12-11-16(17-18(20)24-17)23-13-14-7-9-15(22-4)10-8-14/h7-10,16-18,21H,11-13H2,1-6H3/t16?,17-,18-,20-/m0/s1. The molecule has 1 aliphatic heterocycles. The van der Waals surface area contributed by atoms with E-state index in [2.05, 4.69) is 33.9 Å². The Morgan fingerprint density at radius 2 is 1.88 bits per heavy atom. The third kappa shape index (κ3) is 3.99. The summed E-state index contributed by atoms with van der Waals surface area (Å²) in [5.74, 6) is -0.335. The Morgan fingerprint density at radius 1 is 1.23 bits per heavy atom. The lowest BCUT2D eigenvalue weighted by molar-refractivity contribution is -0.178. The van der Waals surface area contributed by atoms with Crippen molar-refractivity contribution < 1.29 is 23.7 Å². The first-order chi connectivity index (χ1) is 12.1. The molecule has 1 saturated heterocycles. The Bertz CT molecular complexity index is 624. The van der Waals surface area contributed by atoms with Crippen LogP contribution < -0.4 is 4.74 Å².